The molecule has 29 heavy (non-hydrogen) atoms. The molecule has 1 aliphatic rings. The van der Waals surface area contributed by atoms with E-state index in [9.17, 15) is 4.79 Å². The molecule has 0 saturated carbocycles. The Hall–Kier alpha value is -2.80. The monoisotopic (exact) mass is 407 g/mol. The zero-order chi connectivity index (χ0) is 20.2. The van der Waals surface area contributed by atoms with Gasteiger partial charge in [-0.25, -0.2) is 4.79 Å². The highest BCUT2D eigenvalue weighted by Gasteiger charge is 2.31. The number of benzene rings is 2. The molecule has 4 rings (SSSR count). The Bertz CT molecular complexity index is 920. The number of rotatable bonds is 4. The molecule has 3 aromatic rings. The van der Waals surface area contributed by atoms with E-state index in [0.717, 1.165) is 41.7 Å². The molecular formula is C22H25N5OS. The largest absolute Gasteiger partial charge is 0.329 e. The molecule has 1 atom stereocenters. The Labute approximate surface area is 175 Å². The van der Waals surface area contributed by atoms with Gasteiger partial charge in [-0.05, 0) is 43.4 Å². The van der Waals surface area contributed by atoms with Crippen LogP contribution in [0.4, 0.5) is 16.2 Å². The number of aromatic nitrogens is 3. The Morgan fingerprint density at radius 2 is 1.66 bits per heavy atom. The van der Waals surface area contributed by atoms with Gasteiger partial charge in [0.2, 0.25) is 0 Å². The number of urea groups is 1. The van der Waals surface area contributed by atoms with Crippen LogP contribution in [-0.4, -0.2) is 45.0 Å². The molecule has 6 nitrogen and oxygen atoms in total. The third-order valence-corrected chi connectivity index (χ3v) is 6.05. The second-order valence-electron chi connectivity index (χ2n) is 7.18. The van der Waals surface area contributed by atoms with Crippen LogP contribution in [0.5, 0.6) is 0 Å². The first kappa shape index (κ1) is 19.5. The molecule has 7 heteroatoms. The van der Waals surface area contributed by atoms with E-state index in [1.54, 1.807) is 16.7 Å². The summed E-state index contributed by atoms with van der Waals surface area (Å²) in [7, 11) is 2.00. The first-order chi connectivity index (χ1) is 14.2. The zero-order valence-electron chi connectivity index (χ0n) is 16.7. The summed E-state index contributed by atoms with van der Waals surface area (Å²) in [5, 5.41) is 9.58. The second kappa shape index (κ2) is 8.69. The maximum atomic E-state index is 13.6. The van der Waals surface area contributed by atoms with E-state index in [4.69, 9.17) is 0 Å². The average molecular weight is 408 g/mol. The first-order valence-corrected chi connectivity index (χ1v) is 11.0. The number of carbonyl (C=O) groups is 1. The van der Waals surface area contributed by atoms with E-state index < -0.39 is 0 Å². The SMILES string of the molecule is CSc1nnc([C@H]2CCCN(C(=O)N(c3ccccc3)c3ccccc3)C2)n1C. The molecule has 1 fully saturated rings. The average Bonchev–Trinajstić information content (AvgIpc) is 3.16. The molecule has 0 aliphatic carbocycles. The number of hydrogen-bond donors (Lipinski definition) is 0. The number of carbonyl (C=O) groups excluding carboxylic acids is 1. The molecule has 1 saturated heterocycles. The van der Waals surface area contributed by atoms with Crippen molar-refractivity contribution in [1.29, 1.82) is 0 Å². The van der Waals surface area contributed by atoms with Crippen molar-refractivity contribution in [3.05, 3.63) is 66.5 Å². The first-order valence-electron chi connectivity index (χ1n) is 9.81. The molecule has 2 heterocycles. The number of amides is 2. The van der Waals surface area contributed by atoms with Crippen LogP contribution < -0.4 is 4.90 Å². The van der Waals surface area contributed by atoms with Crippen molar-refractivity contribution in [2.24, 2.45) is 7.05 Å². The third-order valence-electron chi connectivity index (χ3n) is 5.33. The fourth-order valence-corrected chi connectivity index (χ4v) is 4.38. The van der Waals surface area contributed by atoms with Crippen LogP contribution in [0.15, 0.2) is 65.8 Å². The van der Waals surface area contributed by atoms with Gasteiger partial charge in [0.15, 0.2) is 5.16 Å². The molecular weight excluding hydrogens is 382 g/mol. The molecule has 2 aromatic carbocycles. The number of likely N-dealkylation sites (tertiary alicyclic amines) is 1. The minimum absolute atomic E-state index is 0.000594. The summed E-state index contributed by atoms with van der Waals surface area (Å²) >= 11 is 1.59. The van der Waals surface area contributed by atoms with Crippen LogP contribution in [0.1, 0.15) is 24.6 Å². The lowest BCUT2D eigenvalue weighted by molar-refractivity contribution is 0.186. The highest BCUT2D eigenvalue weighted by atomic mass is 32.2. The van der Waals surface area contributed by atoms with Gasteiger partial charge in [0.25, 0.3) is 0 Å². The van der Waals surface area contributed by atoms with Gasteiger partial charge < -0.3 is 9.47 Å². The van der Waals surface area contributed by atoms with Crippen molar-refractivity contribution in [3.63, 3.8) is 0 Å². The van der Waals surface area contributed by atoms with Gasteiger partial charge >= 0.3 is 6.03 Å². The Morgan fingerprint density at radius 1 is 1.03 bits per heavy atom. The van der Waals surface area contributed by atoms with E-state index in [0.29, 0.717) is 6.54 Å². The highest BCUT2D eigenvalue weighted by molar-refractivity contribution is 7.98. The molecule has 150 valence electrons. The van der Waals surface area contributed by atoms with Gasteiger partial charge in [0.1, 0.15) is 5.82 Å². The zero-order valence-corrected chi connectivity index (χ0v) is 17.5. The van der Waals surface area contributed by atoms with Crippen molar-refractivity contribution >= 4 is 29.2 Å². The number of thioether (sulfide) groups is 1. The van der Waals surface area contributed by atoms with Crippen LogP contribution in [0.2, 0.25) is 0 Å². The predicted molar refractivity (Wildman–Crippen MR) is 117 cm³/mol. The minimum Gasteiger partial charge on any atom is -0.323 e. The van der Waals surface area contributed by atoms with Crippen molar-refractivity contribution in [1.82, 2.24) is 19.7 Å². The predicted octanol–water partition coefficient (Wildman–Crippen LogP) is 4.67. The molecule has 0 unspecified atom stereocenters. The minimum atomic E-state index is -0.000594. The maximum Gasteiger partial charge on any atom is 0.329 e. The Morgan fingerprint density at radius 3 is 2.21 bits per heavy atom. The van der Waals surface area contributed by atoms with Crippen LogP contribution in [-0.2, 0) is 7.05 Å². The molecule has 0 N–H and O–H groups in total. The number of nitrogens with zero attached hydrogens (tertiary/aromatic N) is 5. The van der Waals surface area contributed by atoms with E-state index >= 15 is 0 Å². The van der Waals surface area contributed by atoms with Crippen LogP contribution in [0.3, 0.4) is 0 Å². The van der Waals surface area contributed by atoms with E-state index in [-0.39, 0.29) is 11.9 Å². The standard InChI is InChI=1S/C22H25N5OS/c1-25-20(23-24-21(25)29-2)17-10-9-15-26(16-17)22(28)27(18-11-5-3-6-12-18)19-13-7-4-8-14-19/h3-8,11-14,17H,9-10,15-16H2,1-2H3/t17-/m0/s1. The Balaban J connectivity index is 1.61. The van der Waals surface area contributed by atoms with Crippen molar-refractivity contribution in [3.8, 4) is 0 Å². The molecule has 0 radical (unpaired) electrons. The number of piperidine rings is 1. The van der Waals surface area contributed by atoms with Crippen molar-refractivity contribution in [2.75, 3.05) is 24.2 Å². The molecule has 1 aromatic heterocycles. The number of hydrogen-bond acceptors (Lipinski definition) is 4. The van der Waals surface area contributed by atoms with Crippen LogP contribution in [0.25, 0.3) is 0 Å². The molecule has 2 amide bonds. The lowest BCUT2D eigenvalue weighted by Crippen LogP contribution is -2.46. The highest BCUT2D eigenvalue weighted by Crippen LogP contribution is 2.31. The topological polar surface area (TPSA) is 54.3 Å². The second-order valence-corrected chi connectivity index (χ2v) is 7.95. The molecule has 1 aliphatic heterocycles. The summed E-state index contributed by atoms with van der Waals surface area (Å²) in [6, 6.07) is 19.7. The van der Waals surface area contributed by atoms with Crippen molar-refractivity contribution < 1.29 is 4.79 Å². The summed E-state index contributed by atoms with van der Waals surface area (Å²) in [4.78, 5) is 17.4. The van der Waals surface area contributed by atoms with Gasteiger partial charge in [-0.2, -0.15) is 0 Å². The van der Waals surface area contributed by atoms with E-state index in [1.165, 1.54) is 0 Å². The smallest absolute Gasteiger partial charge is 0.323 e. The van der Waals surface area contributed by atoms with Crippen LogP contribution in [0, 0.1) is 0 Å². The van der Waals surface area contributed by atoms with Gasteiger partial charge in [-0.1, -0.05) is 48.2 Å². The normalized spacial score (nSPS) is 16.6. The van der Waals surface area contributed by atoms with Gasteiger partial charge in [0, 0.05) is 26.1 Å². The van der Waals surface area contributed by atoms with Crippen molar-refractivity contribution in [2.45, 2.75) is 23.9 Å². The quantitative estimate of drug-likeness (QED) is 0.590. The summed E-state index contributed by atoms with van der Waals surface area (Å²) < 4.78 is 2.05. The summed E-state index contributed by atoms with van der Waals surface area (Å²) in [6.07, 6.45) is 3.97. The summed E-state index contributed by atoms with van der Waals surface area (Å²) in [6.45, 7) is 1.40. The lowest BCUT2D eigenvalue weighted by Gasteiger charge is -2.36. The number of para-hydroxylation sites is 2. The fraction of sp³-hybridized carbons (Fsp3) is 0.318. The summed E-state index contributed by atoms with van der Waals surface area (Å²) in [5.41, 5.74) is 1.74. The molecule has 0 bridgehead atoms. The summed E-state index contributed by atoms with van der Waals surface area (Å²) in [5.74, 6) is 1.15. The number of anilines is 2. The van der Waals surface area contributed by atoms with Crippen LogP contribution >= 0.6 is 11.8 Å². The van der Waals surface area contributed by atoms with E-state index in [2.05, 4.69) is 14.8 Å². The third kappa shape index (κ3) is 4.00. The molecule has 0 spiro atoms. The van der Waals surface area contributed by atoms with Gasteiger partial charge in [0.05, 0.1) is 11.4 Å². The lowest BCUT2D eigenvalue weighted by atomic mass is 9.97. The van der Waals surface area contributed by atoms with Gasteiger partial charge in [-0.3, -0.25) is 4.90 Å². The fourth-order valence-electron chi connectivity index (χ4n) is 3.89. The maximum absolute atomic E-state index is 13.6. The van der Waals surface area contributed by atoms with Gasteiger partial charge in [-0.15, -0.1) is 10.2 Å². The Kier molecular flexibility index (Phi) is 5.85. The van der Waals surface area contributed by atoms with E-state index in [1.807, 2.05) is 78.9 Å².